The molecule has 4 rings (SSSR count). The average molecular weight is 1280 g/mol. The second kappa shape index (κ2) is 57.1. The Morgan fingerprint density at radius 3 is 1.31 bits per heavy atom. The normalized spacial score (nSPS) is 11.7. The summed E-state index contributed by atoms with van der Waals surface area (Å²) < 4.78 is 0. The molecule has 0 heterocycles. The first kappa shape index (κ1) is 99.2. The molecule has 7 unspecified atom stereocenters. The highest BCUT2D eigenvalue weighted by molar-refractivity contribution is 5.95. The largest absolute Gasteiger partial charge is 0.508 e. The number of aliphatic imine (C=N–C) groups is 1. The number of phenolic OH excluding ortho intramolecular Hbond substituents is 1. The number of fused-ring (bicyclic) bond motifs is 1. The van der Waals surface area contributed by atoms with E-state index in [2.05, 4.69) is 35.3 Å². The van der Waals surface area contributed by atoms with Crippen molar-refractivity contribution in [2.24, 2.45) is 69.2 Å². The second-order valence-corrected chi connectivity index (χ2v) is 22.1. The molecule has 0 bridgehead atoms. The van der Waals surface area contributed by atoms with Gasteiger partial charge in [0.15, 0.2) is 11.7 Å². The van der Waals surface area contributed by atoms with E-state index in [1.165, 1.54) is 30.2 Å². The van der Waals surface area contributed by atoms with Crippen molar-refractivity contribution < 1.29 is 53.6 Å². The van der Waals surface area contributed by atoms with Gasteiger partial charge in [-0.05, 0) is 140 Å². The van der Waals surface area contributed by atoms with Crippen LogP contribution < -0.4 is 34.0 Å². The molecule has 0 saturated heterocycles. The van der Waals surface area contributed by atoms with Crippen LogP contribution in [-0.2, 0) is 62.4 Å². The number of carbonyl (C=O) groups is 9. The zero-order chi connectivity index (χ0) is 68.1. The van der Waals surface area contributed by atoms with Crippen LogP contribution in [0.3, 0.4) is 0 Å². The van der Waals surface area contributed by atoms with E-state index in [1.807, 2.05) is 96.4 Å². The third kappa shape index (κ3) is 55.7. The number of phenols is 1. The summed E-state index contributed by atoms with van der Waals surface area (Å²) in [5.41, 5.74) is 29.7. The maximum absolute atomic E-state index is 11.3. The highest BCUT2D eigenvalue weighted by Crippen LogP contribution is 2.22. The summed E-state index contributed by atoms with van der Waals surface area (Å²) in [5, 5.41) is 27.6. The molecule has 4 aromatic carbocycles. The molecule has 19 heteroatoms. The second-order valence-electron chi connectivity index (χ2n) is 22.1. The van der Waals surface area contributed by atoms with E-state index >= 15 is 0 Å². The predicted octanol–water partition coefficient (Wildman–Crippen LogP) is 11.5. The molecule has 0 aliphatic rings. The highest BCUT2D eigenvalue weighted by atomic mass is 16.3. The SMILES string of the molecule is C.C.C.C.CC(=O)C(C)CC(=N)N.CC(=O)C(C)CCC(N)=O.CC(=O)C(C)CCCN=C(N)N.CC(=O)C(C)Cc1ccc(O)cc1.CC(=O)C(C)Cc1cccc(C(=N)N)c1.CC(=O)C(C)Cc1cccc2ccccc12.CCC(C)=O.C[NH2+]C(C)C(C)=O. The lowest BCUT2D eigenvalue weighted by Crippen LogP contribution is -2.87. The van der Waals surface area contributed by atoms with Gasteiger partial charge < -0.3 is 43.9 Å². The lowest BCUT2D eigenvalue weighted by molar-refractivity contribution is -0.646. The number of amidine groups is 2. The van der Waals surface area contributed by atoms with Crippen LogP contribution >= 0.6 is 0 Å². The Bertz CT molecular complexity index is 2790. The molecule has 4 aromatic rings. The van der Waals surface area contributed by atoms with Crippen molar-refractivity contribution in [2.75, 3.05) is 13.6 Å². The molecule has 0 spiro atoms. The van der Waals surface area contributed by atoms with Crippen molar-refractivity contribution in [3.05, 3.63) is 113 Å². The number of amides is 1. The lowest BCUT2D eigenvalue weighted by atomic mass is 9.94. The Kier molecular flexibility index (Phi) is 62.2. The maximum Gasteiger partial charge on any atom is 0.217 e. The van der Waals surface area contributed by atoms with Crippen LogP contribution in [-0.4, -0.2) is 94.5 Å². The standard InChI is InChI=1S/C15H16O.C12H16N2O.C11H14O2.C8H17N3O.C7H13NO2.C6H12N2O.C5H11NO.C4H8O.4CH4/c1-11(12(2)16)10-14-8-5-7-13-6-3-4-9-15(13)14;1-8(9(2)15)6-10-4-3-5-11(7-10)12(13)14;1-8(9(2)12)7-10-3-5-11(13)6-4-10;1-6(7(2)12)4-3-5-11-8(9)10;1-5(6(2)9)3-4-7(8)10;1-4(5(2)9)3-6(7)8;1-4(6-3)5(2)7;1-3-4(2)5;;;;/h3-9,11H,10H2,1-2H3;3-5,7-8H,6H2,1-2H3,(H3,13,14);3-6,8,13H,7H2,1-2H3;6H,3-5H2,1-2H3,(H4,9,10,11);5H,3-4H2,1-2H3,(H2,8,10);4H,3H2,1-2H3,(H3,7,8);4,6H,1-3H3;3H2,1-2H3;4*1H4/p+1. The van der Waals surface area contributed by atoms with Crippen LogP contribution in [0, 0.1) is 46.3 Å². The quantitative estimate of drug-likeness (QED) is 0.0169. The number of aromatic hydroxyl groups is 1. The molecule has 15 N–H and O–H groups in total. The maximum atomic E-state index is 11.3. The number of nitrogens with two attached hydrogens (primary N) is 6. The van der Waals surface area contributed by atoms with Crippen molar-refractivity contribution in [1.29, 1.82) is 10.8 Å². The molecule has 1 amide bonds. The van der Waals surface area contributed by atoms with Crippen LogP contribution in [0.25, 0.3) is 10.8 Å². The van der Waals surface area contributed by atoms with E-state index in [-0.39, 0.29) is 147 Å². The van der Waals surface area contributed by atoms with Crippen molar-refractivity contribution in [2.45, 2.75) is 204 Å². The molecule has 7 atom stereocenters. The number of nitrogens with zero attached hydrogens (tertiary/aromatic N) is 1. The molecule has 0 radical (unpaired) electrons. The lowest BCUT2D eigenvalue weighted by Gasteiger charge is -2.10. The summed E-state index contributed by atoms with van der Waals surface area (Å²) in [7, 11) is 1.89. The first-order valence-electron chi connectivity index (χ1n) is 29.5. The van der Waals surface area contributed by atoms with Crippen LogP contribution in [0.1, 0.15) is 201 Å². The van der Waals surface area contributed by atoms with Gasteiger partial charge in [0.05, 0.1) is 12.9 Å². The molecule has 0 saturated carbocycles. The molecule has 0 aromatic heterocycles. The fourth-order valence-corrected chi connectivity index (χ4v) is 6.52. The van der Waals surface area contributed by atoms with Gasteiger partial charge in [0.25, 0.3) is 0 Å². The van der Waals surface area contributed by atoms with E-state index in [0.29, 0.717) is 44.2 Å². The Morgan fingerprint density at radius 1 is 0.516 bits per heavy atom. The molecule has 0 aliphatic heterocycles. The molecule has 91 heavy (non-hydrogen) atoms. The van der Waals surface area contributed by atoms with E-state index < -0.39 is 0 Å². The number of rotatable bonds is 25. The number of hydrogen-bond donors (Lipinski definition) is 9. The van der Waals surface area contributed by atoms with Gasteiger partial charge in [-0.25, -0.2) is 0 Å². The number of nitrogen functional groups attached to an aromatic ring is 1. The van der Waals surface area contributed by atoms with Crippen LogP contribution in [0.5, 0.6) is 5.75 Å². The van der Waals surface area contributed by atoms with E-state index in [9.17, 15) is 43.2 Å². The fourth-order valence-electron chi connectivity index (χ4n) is 6.52. The summed E-state index contributed by atoms with van der Waals surface area (Å²) in [5.74, 6) is 1.92. The number of guanidine groups is 1. The predicted molar refractivity (Wildman–Crippen MR) is 380 cm³/mol. The zero-order valence-electron chi connectivity index (χ0n) is 55.3. The van der Waals surface area contributed by atoms with Gasteiger partial charge in [0.2, 0.25) is 5.91 Å². The Morgan fingerprint density at radius 2 is 0.934 bits per heavy atom. The molecule has 0 fully saturated rings. The van der Waals surface area contributed by atoms with Crippen LogP contribution in [0.15, 0.2) is 96.0 Å². The third-order valence-electron chi connectivity index (χ3n) is 13.9. The van der Waals surface area contributed by atoms with Crippen molar-refractivity contribution in [3.63, 3.8) is 0 Å². The number of Topliss-reactive ketones (excluding diaryl/α,β-unsaturated/α-hetero) is 8. The molecule has 516 valence electrons. The van der Waals surface area contributed by atoms with E-state index in [4.69, 9.17) is 44.6 Å². The third-order valence-corrected chi connectivity index (χ3v) is 13.9. The van der Waals surface area contributed by atoms with Gasteiger partial charge in [0, 0.05) is 73.8 Å². The minimum absolute atomic E-state index is 0. The van der Waals surface area contributed by atoms with Crippen LogP contribution in [0.2, 0.25) is 0 Å². The molecule has 19 nitrogen and oxygen atoms in total. The average Bonchev–Trinajstić information content (AvgIpc) is 1.98. The van der Waals surface area contributed by atoms with Crippen molar-refractivity contribution >= 4 is 80.6 Å². The van der Waals surface area contributed by atoms with Crippen LogP contribution in [0.4, 0.5) is 0 Å². The van der Waals surface area contributed by atoms with Gasteiger partial charge in [-0.1, -0.05) is 151 Å². The molecular weight excluding hydrogens is 1150 g/mol. The number of carbonyl (C=O) groups excluding carboxylic acids is 9. The minimum Gasteiger partial charge on any atom is -0.508 e. The van der Waals surface area contributed by atoms with Gasteiger partial charge in [-0.15, -0.1) is 0 Å². The Hall–Kier alpha value is -8.06. The number of likely N-dealkylation sites (N-methyl/N-ethyl adjacent to an activating group) is 1. The van der Waals surface area contributed by atoms with Crippen molar-refractivity contribution in [1.82, 2.24) is 0 Å². The van der Waals surface area contributed by atoms with Gasteiger partial charge in [0.1, 0.15) is 58.1 Å². The monoisotopic (exact) mass is 1270 g/mol. The molecular formula is C72H124N9O10+. The van der Waals surface area contributed by atoms with Crippen molar-refractivity contribution in [3.8, 4) is 5.75 Å². The van der Waals surface area contributed by atoms with E-state index in [1.54, 1.807) is 73.6 Å². The fraction of sp³-hybridized carbons (Fsp3) is 0.528. The summed E-state index contributed by atoms with van der Waals surface area (Å²) in [6.45, 7) is 28.3. The van der Waals surface area contributed by atoms with Gasteiger partial charge in [-0.2, -0.15) is 0 Å². The van der Waals surface area contributed by atoms with Gasteiger partial charge in [-0.3, -0.25) is 54.2 Å². The minimum atomic E-state index is -0.340. The smallest absolute Gasteiger partial charge is 0.217 e. The number of nitrogens with one attached hydrogen (secondary N) is 2. The number of primary amides is 1. The number of ketones is 8. The summed E-state index contributed by atoms with van der Waals surface area (Å²) in [6.07, 6.45) is 5.92. The number of benzene rings is 4. The Labute approximate surface area is 548 Å². The zero-order valence-corrected chi connectivity index (χ0v) is 55.3. The highest BCUT2D eigenvalue weighted by Gasteiger charge is 2.13. The first-order chi connectivity index (χ1) is 40.3. The first-order valence-corrected chi connectivity index (χ1v) is 29.5. The number of hydrogen-bond acceptors (Lipinski definition) is 13. The number of quaternary nitrogens is 1. The molecule has 0 aliphatic carbocycles. The summed E-state index contributed by atoms with van der Waals surface area (Å²) in [6, 6.07) is 29.2. The van der Waals surface area contributed by atoms with E-state index in [0.717, 1.165) is 36.8 Å². The summed E-state index contributed by atoms with van der Waals surface area (Å²) >= 11 is 0. The topological polar surface area (TPSA) is 381 Å². The Balaban J connectivity index is -0.000000146. The summed E-state index contributed by atoms with van der Waals surface area (Å²) in [4.78, 5) is 99.5. The van der Waals surface area contributed by atoms with Gasteiger partial charge >= 0.3 is 0 Å².